The van der Waals surface area contributed by atoms with Crippen LogP contribution < -0.4 is 4.74 Å². The predicted octanol–water partition coefficient (Wildman–Crippen LogP) is 2.26. The summed E-state index contributed by atoms with van der Waals surface area (Å²) in [5, 5.41) is 9.01. The van der Waals surface area contributed by atoms with Crippen LogP contribution in [0.2, 0.25) is 0 Å². The molecular weight excluding hydrogens is 215 g/mol. The lowest BCUT2D eigenvalue weighted by atomic mass is 10.3. The maximum atomic E-state index is 12.6. The molecule has 0 aliphatic rings. The van der Waals surface area contributed by atoms with Crippen LogP contribution in [0.1, 0.15) is 0 Å². The molecule has 0 aromatic heterocycles. The molecule has 0 fully saturated rings. The lowest BCUT2D eigenvalue weighted by Crippen LogP contribution is -1.89. The highest BCUT2D eigenvalue weighted by molar-refractivity contribution is 9.09. The van der Waals surface area contributed by atoms with Gasteiger partial charge in [-0.1, -0.05) is 6.07 Å². The van der Waals surface area contributed by atoms with Gasteiger partial charge < -0.3 is 9.84 Å². The highest BCUT2D eigenvalue weighted by Crippen LogP contribution is 2.28. The van der Waals surface area contributed by atoms with E-state index in [0.717, 1.165) is 6.07 Å². The van der Waals surface area contributed by atoms with Gasteiger partial charge in [0, 0.05) is 0 Å². The zero-order valence-corrected chi connectivity index (χ0v) is 7.14. The zero-order valence-electron chi connectivity index (χ0n) is 5.55. The van der Waals surface area contributed by atoms with E-state index in [1.54, 1.807) is 0 Å². The molecule has 1 rings (SSSR count). The van der Waals surface area contributed by atoms with E-state index < -0.39 is 11.6 Å². The molecule has 0 radical (unpaired) electrons. The molecule has 2 nitrogen and oxygen atoms in total. The maximum Gasteiger partial charge on any atom is 0.194 e. The second kappa shape index (κ2) is 3.57. The van der Waals surface area contributed by atoms with E-state index in [9.17, 15) is 4.39 Å². The quantitative estimate of drug-likeness (QED) is 0.776. The first-order chi connectivity index (χ1) is 5.25. The topological polar surface area (TPSA) is 29.5 Å². The number of benzene rings is 1. The van der Waals surface area contributed by atoms with Crippen molar-refractivity contribution in [1.82, 2.24) is 0 Å². The number of alkyl halides is 1. The minimum absolute atomic E-state index is 0.141. The molecule has 0 aliphatic carbocycles. The maximum absolute atomic E-state index is 12.6. The van der Waals surface area contributed by atoms with E-state index in [1.807, 2.05) is 0 Å². The smallest absolute Gasteiger partial charge is 0.194 e. The van der Waals surface area contributed by atoms with Crippen molar-refractivity contribution >= 4 is 15.9 Å². The van der Waals surface area contributed by atoms with Gasteiger partial charge in [0.2, 0.25) is 0 Å². The van der Waals surface area contributed by atoms with Crippen LogP contribution in [0.4, 0.5) is 4.39 Å². The van der Waals surface area contributed by atoms with Crippen LogP contribution in [0.15, 0.2) is 18.2 Å². The fourth-order valence-corrected chi connectivity index (χ4v) is 0.917. The van der Waals surface area contributed by atoms with Gasteiger partial charge >= 0.3 is 0 Å². The number of rotatable bonds is 2. The van der Waals surface area contributed by atoms with Gasteiger partial charge in [0.05, 0.1) is 0 Å². The number of phenolic OH excluding ortho intramolecular Hbond substituents is 1. The third-order valence-electron chi connectivity index (χ3n) is 1.16. The summed E-state index contributed by atoms with van der Waals surface area (Å²) in [6, 6.07) is 4.11. The van der Waals surface area contributed by atoms with E-state index >= 15 is 0 Å². The van der Waals surface area contributed by atoms with E-state index in [4.69, 9.17) is 9.84 Å². The van der Waals surface area contributed by atoms with Crippen molar-refractivity contribution in [2.45, 2.75) is 0 Å². The minimum Gasteiger partial charge on any atom is -0.502 e. The average Bonchev–Trinajstić information content (AvgIpc) is 1.99. The third-order valence-corrected chi connectivity index (χ3v) is 1.39. The molecule has 4 heteroatoms. The van der Waals surface area contributed by atoms with E-state index in [0.29, 0.717) is 0 Å². The lowest BCUT2D eigenvalue weighted by molar-refractivity contribution is 0.348. The van der Waals surface area contributed by atoms with Gasteiger partial charge in [0.25, 0.3) is 0 Å². The number of para-hydroxylation sites is 1. The monoisotopic (exact) mass is 220 g/mol. The number of hydrogen-bond acceptors (Lipinski definition) is 2. The van der Waals surface area contributed by atoms with Gasteiger partial charge in [-0.2, -0.15) is 0 Å². The summed E-state index contributed by atoms with van der Waals surface area (Å²) in [7, 11) is 0. The summed E-state index contributed by atoms with van der Waals surface area (Å²) in [5.41, 5.74) is 0.226. The van der Waals surface area contributed by atoms with Gasteiger partial charge in [-0.3, -0.25) is 0 Å². The summed E-state index contributed by atoms with van der Waals surface area (Å²) in [6.07, 6.45) is 0. The van der Waals surface area contributed by atoms with Crippen LogP contribution in [0.3, 0.4) is 0 Å². The first-order valence-electron chi connectivity index (χ1n) is 2.92. The average molecular weight is 221 g/mol. The van der Waals surface area contributed by atoms with Gasteiger partial charge in [-0.15, -0.1) is 0 Å². The molecule has 1 N–H and O–H groups in total. The third kappa shape index (κ3) is 1.83. The summed E-state index contributed by atoms with van der Waals surface area (Å²) >= 11 is 2.99. The Balaban J connectivity index is 2.96. The Labute approximate surface area is 71.7 Å². The molecule has 0 amide bonds. The van der Waals surface area contributed by atoms with E-state index in [1.165, 1.54) is 12.1 Å². The first-order valence-corrected chi connectivity index (χ1v) is 4.04. The van der Waals surface area contributed by atoms with E-state index in [2.05, 4.69) is 15.9 Å². The fourth-order valence-electron chi connectivity index (χ4n) is 0.671. The van der Waals surface area contributed by atoms with Crippen molar-refractivity contribution in [2.24, 2.45) is 0 Å². The first kappa shape index (κ1) is 8.33. The molecule has 0 saturated carbocycles. The Morgan fingerprint density at radius 3 is 2.91 bits per heavy atom. The molecule has 0 bridgehead atoms. The van der Waals surface area contributed by atoms with Crippen LogP contribution in [0, 0.1) is 5.82 Å². The van der Waals surface area contributed by atoms with Crippen LogP contribution in [0.25, 0.3) is 0 Å². The number of phenols is 1. The number of ether oxygens (including phenoxy) is 1. The molecular formula is C7H6BrFO2. The van der Waals surface area contributed by atoms with E-state index in [-0.39, 0.29) is 11.3 Å². The van der Waals surface area contributed by atoms with Crippen LogP contribution in [0.5, 0.6) is 11.5 Å². The molecule has 60 valence electrons. The van der Waals surface area contributed by atoms with Gasteiger partial charge in [0.15, 0.2) is 17.3 Å². The molecule has 0 saturated heterocycles. The summed E-state index contributed by atoms with van der Waals surface area (Å²) in [5.74, 6) is -0.989. The number of aromatic hydroxyl groups is 1. The summed E-state index contributed by atoms with van der Waals surface area (Å²) in [4.78, 5) is 0. The van der Waals surface area contributed by atoms with Crippen molar-refractivity contribution < 1.29 is 14.2 Å². The van der Waals surface area contributed by atoms with Crippen LogP contribution >= 0.6 is 15.9 Å². The fraction of sp³-hybridized carbons (Fsp3) is 0.143. The summed E-state index contributed by atoms with van der Waals surface area (Å²) in [6.45, 7) is 0. The largest absolute Gasteiger partial charge is 0.502 e. The van der Waals surface area contributed by atoms with Gasteiger partial charge in [-0.05, 0) is 28.1 Å². The second-order valence-corrected chi connectivity index (χ2v) is 2.30. The molecule has 0 unspecified atom stereocenters. The van der Waals surface area contributed by atoms with Gasteiger partial charge in [-0.25, -0.2) is 4.39 Å². The Bertz CT molecular complexity index is 252. The van der Waals surface area contributed by atoms with Crippen LogP contribution in [-0.2, 0) is 0 Å². The predicted molar refractivity (Wildman–Crippen MR) is 42.5 cm³/mol. The highest BCUT2D eigenvalue weighted by atomic mass is 79.9. The Morgan fingerprint density at radius 2 is 2.27 bits per heavy atom. The van der Waals surface area contributed by atoms with Crippen molar-refractivity contribution in [2.75, 3.05) is 5.52 Å². The second-order valence-electron chi connectivity index (χ2n) is 1.84. The molecule has 0 heterocycles. The molecule has 1 aromatic rings. The zero-order chi connectivity index (χ0) is 8.27. The number of hydrogen-bond donors (Lipinski definition) is 1. The minimum atomic E-state index is -0.677. The number of halogens is 2. The van der Waals surface area contributed by atoms with Crippen LogP contribution in [-0.4, -0.2) is 10.6 Å². The SMILES string of the molecule is Oc1c(F)cccc1OCBr. The highest BCUT2D eigenvalue weighted by Gasteiger charge is 2.05. The Hall–Kier alpha value is -0.770. The standard InChI is InChI=1S/C7H6BrFO2/c8-4-11-6-3-1-2-5(9)7(6)10/h1-3,10H,4H2. The molecule has 1 aromatic carbocycles. The van der Waals surface area contributed by atoms with Crippen molar-refractivity contribution in [1.29, 1.82) is 0 Å². The Morgan fingerprint density at radius 1 is 1.55 bits per heavy atom. The molecule has 11 heavy (non-hydrogen) atoms. The van der Waals surface area contributed by atoms with Crippen molar-refractivity contribution in [3.8, 4) is 11.5 Å². The lowest BCUT2D eigenvalue weighted by Gasteiger charge is -2.03. The van der Waals surface area contributed by atoms with Crippen molar-refractivity contribution in [3.63, 3.8) is 0 Å². The van der Waals surface area contributed by atoms with Crippen molar-refractivity contribution in [3.05, 3.63) is 24.0 Å². The van der Waals surface area contributed by atoms with Gasteiger partial charge in [0.1, 0.15) is 5.52 Å². The Kier molecular flexibility index (Phi) is 2.70. The molecule has 0 aliphatic heterocycles. The molecule has 0 spiro atoms. The molecule has 0 atom stereocenters. The normalized spacial score (nSPS) is 9.64. The summed E-state index contributed by atoms with van der Waals surface area (Å²) < 4.78 is 17.4.